The summed E-state index contributed by atoms with van der Waals surface area (Å²) in [6, 6.07) is 34.1. The zero-order valence-electron chi connectivity index (χ0n) is 23.0. The number of hydrazone groups is 1. The molecule has 1 heterocycles. The molecular formula is C35H27N3O4. The molecule has 0 saturated carbocycles. The fourth-order valence-electron chi connectivity index (χ4n) is 4.93. The molecule has 42 heavy (non-hydrogen) atoms. The number of hydrogen-bond acceptors (Lipinski definition) is 5. The van der Waals surface area contributed by atoms with Crippen LogP contribution in [0.5, 0.6) is 11.5 Å². The Morgan fingerprint density at radius 3 is 2.36 bits per heavy atom. The van der Waals surface area contributed by atoms with Gasteiger partial charge in [-0.15, -0.1) is 0 Å². The molecule has 6 aromatic rings. The lowest BCUT2D eigenvalue weighted by Crippen LogP contribution is -2.18. The number of ether oxygens (including phenoxy) is 2. The van der Waals surface area contributed by atoms with E-state index in [9.17, 15) is 9.59 Å². The number of fused-ring (bicyclic) bond motifs is 3. The van der Waals surface area contributed by atoms with Crippen LogP contribution in [0.15, 0.2) is 114 Å². The smallest absolute Gasteiger partial charge is 0.343 e. The molecule has 0 fully saturated rings. The van der Waals surface area contributed by atoms with Crippen LogP contribution in [0.4, 0.5) is 0 Å². The molecule has 0 spiro atoms. The molecule has 206 valence electrons. The van der Waals surface area contributed by atoms with Crippen LogP contribution < -0.4 is 14.9 Å². The van der Waals surface area contributed by atoms with Gasteiger partial charge in [-0.05, 0) is 53.8 Å². The SMILES string of the molecule is COc1cc(C=NNC(=O)c2[nH]c3c(ccc4ccccc43)c2-c2ccccc2)ccc1OC(=O)c1ccc(C)cc1. The topological polar surface area (TPSA) is 92.8 Å². The predicted molar refractivity (Wildman–Crippen MR) is 165 cm³/mol. The lowest BCUT2D eigenvalue weighted by atomic mass is 9.99. The van der Waals surface area contributed by atoms with Crippen LogP contribution >= 0.6 is 0 Å². The number of nitrogens with zero attached hydrogens (tertiary/aromatic N) is 1. The number of aryl methyl sites for hydroxylation is 1. The van der Waals surface area contributed by atoms with Crippen molar-refractivity contribution < 1.29 is 19.1 Å². The van der Waals surface area contributed by atoms with Crippen molar-refractivity contribution in [1.29, 1.82) is 0 Å². The average molecular weight is 554 g/mol. The van der Waals surface area contributed by atoms with Gasteiger partial charge in [0.2, 0.25) is 0 Å². The number of carbonyl (C=O) groups is 2. The van der Waals surface area contributed by atoms with Crippen molar-refractivity contribution in [1.82, 2.24) is 10.4 Å². The second-order valence-corrected chi connectivity index (χ2v) is 9.82. The maximum atomic E-state index is 13.5. The Balaban J connectivity index is 1.25. The van der Waals surface area contributed by atoms with E-state index in [1.54, 1.807) is 30.3 Å². The normalized spacial score (nSPS) is 11.2. The lowest BCUT2D eigenvalue weighted by Gasteiger charge is -2.10. The molecule has 6 rings (SSSR count). The van der Waals surface area contributed by atoms with Crippen molar-refractivity contribution in [2.75, 3.05) is 7.11 Å². The Kier molecular flexibility index (Phi) is 7.22. The van der Waals surface area contributed by atoms with Gasteiger partial charge < -0.3 is 14.5 Å². The summed E-state index contributed by atoms with van der Waals surface area (Å²) < 4.78 is 11.0. The number of H-pyrrole nitrogens is 1. The maximum Gasteiger partial charge on any atom is 0.343 e. The Morgan fingerprint density at radius 2 is 1.57 bits per heavy atom. The number of esters is 1. The molecule has 0 bridgehead atoms. The monoisotopic (exact) mass is 553 g/mol. The molecule has 0 aliphatic carbocycles. The number of methoxy groups -OCH3 is 1. The Labute approximate surface area is 242 Å². The van der Waals surface area contributed by atoms with E-state index in [0.717, 1.165) is 38.4 Å². The van der Waals surface area contributed by atoms with E-state index in [1.165, 1.54) is 13.3 Å². The quantitative estimate of drug-likeness (QED) is 0.0940. The molecule has 0 unspecified atom stereocenters. The number of hydrogen-bond donors (Lipinski definition) is 2. The van der Waals surface area contributed by atoms with Crippen molar-refractivity contribution in [3.63, 3.8) is 0 Å². The Hall–Kier alpha value is -5.69. The van der Waals surface area contributed by atoms with Gasteiger partial charge in [0.1, 0.15) is 5.69 Å². The summed E-state index contributed by atoms with van der Waals surface area (Å²) in [4.78, 5) is 29.4. The van der Waals surface area contributed by atoms with Crippen molar-refractivity contribution in [2.45, 2.75) is 6.92 Å². The molecule has 7 nitrogen and oxygen atoms in total. The van der Waals surface area contributed by atoms with E-state index in [0.29, 0.717) is 22.6 Å². The maximum absolute atomic E-state index is 13.5. The van der Waals surface area contributed by atoms with Crippen LogP contribution in [0.3, 0.4) is 0 Å². The molecule has 0 aliphatic rings. The van der Waals surface area contributed by atoms with Gasteiger partial charge in [-0.3, -0.25) is 4.79 Å². The second kappa shape index (κ2) is 11.4. The van der Waals surface area contributed by atoms with Crippen LogP contribution in [0.1, 0.15) is 32.0 Å². The number of rotatable bonds is 7. The summed E-state index contributed by atoms with van der Waals surface area (Å²) in [6.07, 6.45) is 1.51. The molecule has 0 saturated heterocycles. The van der Waals surface area contributed by atoms with Gasteiger partial charge >= 0.3 is 5.97 Å². The van der Waals surface area contributed by atoms with Gasteiger partial charge in [-0.1, -0.05) is 84.4 Å². The third kappa shape index (κ3) is 5.23. The van der Waals surface area contributed by atoms with E-state index in [2.05, 4.69) is 21.6 Å². The van der Waals surface area contributed by atoms with Crippen molar-refractivity contribution in [3.05, 3.63) is 132 Å². The third-order valence-electron chi connectivity index (χ3n) is 7.05. The molecular weight excluding hydrogens is 526 g/mol. The first kappa shape index (κ1) is 26.5. The highest BCUT2D eigenvalue weighted by Crippen LogP contribution is 2.36. The van der Waals surface area contributed by atoms with Crippen molar-refractivity contribution in [2.24, 2.45) is 5.10 Å². The number of nitrogens with one attached hydrogen (secondary N) is 2. The zero-order chi connectivity index (χ0) is 29.1. The lowest BCUT2D eigenvalue weighted by molar-refractivity contribution is 0.0729. The molecule has 0 atom stereocenters. The highest BCUT2D eigenvalue weighted by atomic mass is 16.6. The van der Waals surface area contributed by atoms with Gasteiger partial charge in [0, 0.05) is 16.3 Å². The van der Waals surface area contributed by atoms with Crippen molar-refractivity contribution in [3.8, 4) is 22.6 Å². The second-order valence-electron chi connectivity index (χ2n) is 9.82. The van der Waals surface area contributed by atoms with Gasteiger partial charge in [-0.25, -0.2) is 10.2 Å². The summed E-state index contributed by atoms with van der Waals surface area (Å²) in [7, 11) is 1.49. The fourth-order valence-corrected chi connectivity index (χ4v) is 4.93. The van der Waals surface area contributed by atoms with Crippen LogP contribution in [0.2, 0.25) is 0 Å². The first-order valence-corrected chi connectivity index (χ1v) is 13.4. The van der Waals surface area contributed by atoms with E-state index in [4.69, 9.17) is 9.47 Å². The van der Waals surface area contributed by atoms with Crippen LogP contribution in [-0.2, 0) is 0 Å². The molecule has 1 aromatic heterocycles. The summed E-state index contributed by atoms with van der Waals surface area (Å²) in [5, 5.41) is 7.27. The first-order chi connectivity index (χ1) is 20.5. The first-order valence-electron chi connectivity index (χ1n) is 13.4. The minimum atomic E-state index is -0.484. The minimum absolute atomic E-state index is 0.280. The number of carbonyl (C=O) groups excluding carboxylic acids is 2. The van der Waals surface area contributed by atoms with E-state index < -0.39 is 5.97 Å². The Bertz CT molecular complexity index is 1960. The summed E-state index contributed by atoms with van der Waals surface area (Å²) in [5.74, 6) is -0.218. The molecule has 2 N–H and O–H groups in total. The van der Waals surface area contributed by atoms with E-state index in [1.807, 2.05) is 79.7 Å². The average Bonchev–Trinajstić information content (AvgIpc) is 3.43. The fraction of sp³-hybridized carbons (Fsp3) is 0.0571. The number of aromatic nitrogens is 1. The van der Waals surface area contributed by atoms with E-state index >= 15 is 0 Å². The van der Waals surface area contributed by atoms with Crippen LogP contribution in [0.25, 0.3) is 32.8 Å². The van der Waals surface area contributed by atoms with Gasteiger partial charge in [0.15, 0.2) is 11.5 Å². The van der Waals surface area contributed by atoms with Gasteiger partial charge in [-0.2, -0.15) is 5.10 Å². The van der Waals surface area contributed by atoms with Gasteiger partial charge in [0.25, 0.3) is 5.91 Å². The number of amides is 1. The third-order valence-corrected chi connectivity index (χ3v) is 7.05. The number of aromatic amines is 1. The number of benzene rings is 5. The summed E-state index contributed by atoms with van der Waals surface area (Å²) in [5.41, 5.74) is 7.83. The predicted octanol–water partition coefficient (Wildman–Crippen LogP) is 7.29. The molecule has 0 aliphatic heterocycles. The highest BCUT2D eigenvalue weighted by molar-refractivity contribution is 6.16. The largest absolute Gasteiger partial charge is 0.493 e. The summed E-state index contributed by atoms with van der Waals surface area (Å²) >= 11 is 0. The minimum Gasteiger partial charge on any atom is -0.493 e. The standard InChI is InChI=1S/C35H27N3O4/c1-22-12-15-26(16-13-22)35(40)42-29-19-14-23(20-30(29)41-2)21-36-38-34(39)33-31(25-9-4-3-5-10-25)28-18-17-24-8-6-7-11-27(24)32(28)37-33/h3-21,37H,1-2H3,(H,38,39). The van der Waals surface area contributed by atoms with E-state index in [-0.39, 0.29) is 11.7 Å². The molecule has 7 heteroatoms. The molecule has 1 amide bonds. The highest BCUT2D eigenvalue weighted by Gasteiger charge is 2.20. The molecule has 5 aromatic carbocycles. The van der Waals surface area contributed by atoms with Crippen LogP contribution in [-0.4, -0.2) is 30.2 Å². The van der Waals surface area contributed by atoms with Gasteiger partial charge in [0.05, 0.1) is 24.4 Å². The van der Waals surface area contributed by atoms with Crippen LogP contribution in [0, 0.1) is 6.92 Å². The zero-order valence-corrected chi connectivity index (χ0v) is 23.0. The van der Waals surface area contributed by atoms with Crippen molar-refractivity contribution >= 4 is 39.8 Å². The Morgan fingerprint density at radius 1 is 0.810 bits per heavy atom. The summed E-state index contributed by atoms with van der Waals surface area (Å²) in [6.45, 7) is 1.95. The molecule has 0 radical (unpaired) electrons.